The standard InChI is InChI=1S/C13H18BrFO/c1-3-11(14)6-4-5-10-7-8-13(16-2)12(15)9-10/h7-9,11H,3-6H2,1-2H3. The van der Waals surface area contributed by atoms with Gasteiger partial charge in [0, 0.05) is 4.83 Å². The maximum absolute atomic E-state index is 13.4. The predicted octanol–water partition coefficient (Wildman–Crippen LogP) is 4.33. The summed E-state index contributed by atoms with van der Waals surface area (Å²) in [5.74, 6) is 0.0431. The number of halogens is 2. The molecule has 0 bridgehead atoms. The minimum absolute atomic E-state index is 0.272. The highest BCUT2D eigenvalue weighted by Crippen LogP contribution is 2.20. The first kappa shape index (κ1) is 13.5. The van der Waals surface area contributed by atoms with Gasteiger partial charge in [0.05, 0.1) is 7.11 Å². The SMILES string of the molecule is CCC(Br)CCCc1ccc(OC)c(F)c1. The number of hydrogen-bond donors (Lipinski definition) is 0. The van der Waals surface area contributed by atoms with Gasteiger partial charge in [0.15, 0.2) is 11.6 Å². The van der Waals surface area contributed by atoms with E-state index >= 15 is 0 Å². The summed E-state index contributed by atoms with van der Waals surface area (Å²) in [6.45, 7) is 2.16. The van der Waals surface area contributed by atoms with Crippen LogP contribution in [0.4, 0.5) is 4.39 Å². The maximum atomic E-state index is 13.4. The zero-order valence-corrected chi connectivity index (χ0v) is 11.4. The molecule has 0 aromatic heterocycles. The molecule has 0 fully saturated rings. The zero-order chi connectivity index (χ0) is 12.0. The molecule has 1 aromatic carbocycles. The van der Waals surface area contributed by atoms with Crippen LogP contribution in [0.25, 0.3) is 0 Å². The van der Waals surface area contributed by atoms with E-state index in [2.05, 4.69) is 22.9 Å². The zero-order valence-electron chi connectivity index (χ0n) is 9.80. The van der Waals surface area contributed by atoms with Gasteiger partial charge in [0.1, 0.15) is 0 Å². The third kappa shape index (κ3) is 4.12. The average molecular weight is 289 g/mol. The van der Waals surface area contributed by atoms with Gasteiger partial charge in [-0.3, -0.25) is 0 Å². The van der Waals surface area contributed by atoms with Gasteiger partial charge in [-0.2, -0.15) is 0 Å². The number of benzene rings is 1. The molecule has 0 aliphatic carbocycles. The molecule has 1 rings (SSSR count). The van der Waals surface area contributed by atoms with Gasteiger partial charge >= 0.3 is 0 Å². The predicted molar refractivity (Wildman–Crippen MR) is 68.9 cm³/mol. The first-order valence-electron chi connectivity index (χ1n) is 5.63. The van der Waals surface area contributed by atoms with Crippen LogP contribution in [0.2, 0.25) is 0 Å². The second-order valence-electron chi connectivity index (χ2n) is 3.87. The number of ether oxygens (including phenoxy) is 1. The Morgan fingerprint density at radius 3 is 2.75 bits per heavy atom. The minimum atomic E-state index is -0.272. The van der Waals surface area contributed by atoms with Crippen LogP contribution in [0, 0.1) is 5.82 Å². The molecule has 0 saturated heterocycles. The summed E-state index contributed by atoms with van der Waals surface area (Å²) in [4.78, 5) is 0.579. The fraction of sp³-hybridized carbons (Fsp3) is 0.538. The Labute approximate surface area is 105 Å². The van der Waals surface area contributed by atoms with Crippen LogP contribution >= 0.6 is 15.9 Å². The topological polar surface area (TPSA) is 9.23 Å². The van der Waals surface area contributed by atoms with E-state index in [1.165, 1.54) is 7.11 Å². The average Bonchev–Trinajstić information content (AvgIpc) is 2.29. The van der Waals surface area contributed by atoms with E-state index in [4.69, 9.17) is 4.74 Å². The Balaban J connectivity index is 2.46. The molecule has 1 atom stereocenters. The Bertz CT molecular complexity index is 328. The van der Waals surface area contributed by atoms with E-state index in [1.54, 1.807) is 12.1 Å². The Morgan fingerprint density at radius 2 is 2.19 bits per heavy atom. The highest BCUT2D eigenvalue weighted by Gasteiger charge is 2.04. The molecule has 0 aliphatic rings. The van der Waals surface area contributed by atoms with Crippen LogP contribution in [-0.2, 0) is 6.42 Å². The monoisotopic (exact) mass is 288 g/mol. The van der Waals surface area contributed by atoms with Gasteiger partial charge in [-0.25, -0.2) is 4.39 Å². The summed E-state index contributed by atoms with van der Waals surface area (Å²) in [6.07, 6.45) is 4.26. The fourth-order valence-corrected chi connectivity index (χ4v) is 1.92. The smallest absolute Gasteiger partial charge is 0.165 e. The van der Waals surface area contributed by atoms with E-state index in [1.807, 2.05) is 6.07 Å². The van der Waals surface area contributed by atoms with Crippen molar-refractivity contribution in [1.29, 1.82) is 0 Å². The van der Waals surface area contributed by atoms with Crippen LogP contribution in [-0.4, -0.2) is 11.9 Å². The molecule has 0 spiro atoms. The quantitative estimate of drug-likeness (QED) is 0.708. The van der Waals surface area contributed by atoms with Crippen molar-refractivity contribution in [3.8, 4) is 5.75 Å². The van der Waals surface area contributed by atoms with Crippen molar-refractivity contribution >= 4 is 15.9 Å². The lowest BCUT2D eigenvalue weighted by Gasteiger charge is -2.07. The maximum Gasteiger partial charge on any atom is 0.165 e. The van der Waals surface area contributed by atoms with E-state index in [9.17, 15) is 4.39 Å². The summed E-state index contributed by atoms with van der Waals surface area (Å²) in [7, 11) is 1.48. The van der Waals surface area contributed by atoms with Crippen LogP contribution in [0.5, 0.6) is 5.75 Å². The molecule has 0 aliphatic heterocycles. The van der Waals surface area contributed by atoms with Crippen LogP contribution in [0.15, 0.2) is 18.2 Å². The second-order valence-corrected chi connectivity index (χ2v) is 5.16. The van der Waals surface area contributed by atoms with Crippen LogP contribution in [0.3, 0.4) is 0 Å². The molecular formula is C13H18BrFO. The fourth-order valence-electron chi connectivity index (χ4n) is 1.60. The molecule has 0 N–H and O–H groups in total. The van der Waals surface area contributed by atoms with E-state index in [0.717, 1.165) is 31.2 Å². The van der Waals surface area contributed by atoms with E-state index in [-0.39, 0.29) is 5.82 Å². The van der Waals surface area contributed by atoms with Gasteiger partial charge in [-0.05, 0) is 43.4 Å². The molecule has 90 valence electrons. The van der Waals surface area contributed by atoms with Gasteiger partial charge < -0.3 is 4.74 Å². The first-order valence-corrected chi connectivity index (χ1v) is 6.55. The van der Waals surface area contributed by atoms with Crippen molar-refractivity contribution < 1.29 is 9.13 Å². The Hall–Kier alpha value is -0.570. The summed E-state index contributed by atoms with van der Waals surface area (Å²) in [6, 6.07) is 5.18. The van der Waals surface area contributed by atoms with Crippen molar-refractivity contribution in [3.05, 3.63) is 29.6 Å². The van der Waals surface area contributed by atoms with Gasteiger partial charge in [0.25, 0.3) is 0 Å². The number of hydrogen-bond acceptors (Lipinski definition) is 1. The molecule has 16 heavy (non-hydrogen) atoms. The molecule has 0 amide bonds. The molecule has 1 aromatic rings. The summed E-state index contributed by atoms with van der Waals surface area (Å²) in [5.41, 5.74) is 1.04. The largest absolute Gasteiger partial charge is 0.494 e. The number of alkyl halides is 1. The lowest BCUT2D eigenvalue weighted by atomic mass is 10.1. The number of rotatable bonds is 6. The summed E-state index contributed by atoms with van der Waals surface area (Å²) < 4.78 is 18.2. The highest BCUT2D eigenvalue weighted by atomic mass is 79.9. The molecular weight excluding hydrogens is 271 g/mol. The van der Waals surface area contributed by atoms with Crippen molar-refractivity contribution in [2.24, 2.45) is 0 Å². The molecule has 0 heterocycles. The van der Waals surface area contributed by atoms with Crippen molar-refractivity contribution in [2.75, 3.05) is 7.11 Å². The van der Waals surface area contributed by atoms with Crippen LogP contribution in [0.1, 0.15) is 31.7 Å². The molecule has 1 unspecified atom stereocenters. The summed E-state index contributed by atoms with van der Waals surface area (Å²) in [5, 5.41) is 0. The third-order valence-corrected chi connectivity index (χ3v) is 3.75. The highest BCUT2D eigenvalue weighted by molar-refractivity contribution is 9.09. The van der Waals surface area contributed by atoms with Gasteiger partial charge in [-0.1, -0.05) is 28.9 Å². The summed E-state index contributed by atoms with van der Waals surface area (Å²) >= 11 is 3.59. The minimum Gasteiger partial charge on any atom is -0.494 e. The van der Waals surface area contributed by atoms with Crippen molar-refractivity contribution in [2.45, 2.75) is 37.4 Å². The normalized spacial score (nSPS) is 12.5. The molecule has 3 heteroatoms. The molecule has 0 radical (unpaired) electrons. The van der Waals surface area contributed by atoms with Crippen molar-refractivity contribution in [3.63, 3.8) is 0 Å². The molecule has 0 saturated carbocycles. The first-order chi connectivity index (χ1) is 7.67. The molecule has 1 nitrogen and oxygen atoms in total. The van der Waals surface area contributed by atoms with E-state index in [0.29, 0.717) is 10.6 Å². The lowest BCUT2D eigenvalue weighted by Crippen LogP contribution is -1.97. The lowest BCUT2D eigenvalue weighted by molar-refractivity contribution is 0.386. The second kappa shape index (κ2) is 6.89. The van der Waals surface area contributed by atoms with Gasteiger partial charge in [-0.15, -0.1) is 0 Å². The Morgan fingerprint density at radius 1 is 1.44 bits per heavy atom. The van der Waals surface area contributed by atoms with E-state index < -0.39 is 0 Å². The third-order valence-electron chi connectivity index (χ3n) is 2.64. The Kier molecular flexibility index (Phi) is 5.81. The van der Waals surface area contributed by atoms with Gasteiger partial charge in [0.2, 0.25) is 0 Å². The number of methoxy groups -OCH3 is 1. The van der Waals surface area contributed by atoms with Crippen LogP contribution < -0.4 is 4.74 Å². The number of aryl methyl sites for hydroxylation is 1. The van der Waals surface area contributed by atoms with Crippen molar-refractivity contribution in [1.82, 2.24) is 0 Å².